The van der Waals surface area contributed by atoms with Gasteiger partial charge in [0.15, 0.2) is 18.1 Å². The fourth-order valence-electron chi connectivity index (χ4n) is 2.89. The fraction of sp³-hybridized carbons (Fsp3) is 0.368. The summed E-state index contributed by atoms with van der Waals surface area (Å²) in [5.41, 5.74) is -0.779. The third kappa shape index (κ3) is 4.65. The molecule has 0 saturated carbocycles. The van der Waals surface area contributed by atoms with Gasteiger partial charge in [-0.3, -0.25) is 4.79 Å². The average Bonchev–Trinajstić information content (AvgIpc) is 2.72. The lowest BCUT2D eigenvalue weighted by Gasteiger charge is -2.35. The zero-order valence-electron chi connectivity index (χ0n) is 15.3. The van der Waals surface area contributed by atoms with E-state index in [-0.39, 0.29) is 12.5 Å². The average molecular weight is 395 g/mol. The molecule has 1 aliphatic rings. The summed E-state index contributed by atoms with van der Waals surface area (Å²) in [6.07, 6.45) is -3.58. The predicted molar refractivity (Wildman–Crippen MR) is 96.5 cm³/mol. The molecule has 1 fully saturated rings. The lowest BCUT2D eigenvalue weighted by Crippen LogP contribution is -2.50. The Labute approximate surface area is 160 Å². The Morgan fingerprint density at radius 2 is 1.75 bits per heavy atom. The highest BCUT2D eigenvalue weighted by Crippen LogP contribution is 2.29. The number of nitrogens with zero attached hydrogens (tertiary/aromatic N) is 3. The van der Waals surface area contributed by atoms with E-state index in [1.54, 1.807) is 23.1 Å². The van der Waals surface area contributed by atoms with Crippen LogP contribution in [0.5, 0.6) is 11.5 Å². The van der Waals surface area contributed by atoms with Crippen LogP contribution >= 0.6 is 0 Å². The molecule has 0 aliphatic carbocycles. The molecule has 3 rings (SSSR count). The fourth-order valence-corrected chi connectivity index (χ4v) is 2.89. The number of anilines is 1. The normalized spacial score (nSPS) is 14.7. The van der Waals surface area contributed by atoms with Crippen LogP contribution in [-0.4, -0.2) is 55.7 Å². The van der Waals surface area contributed by atoms with Gasteiger partial charge in [-0.05, 0) is 24.3 Å². The van der Waals surface area contributed by atoms with Crippen molar-refractivity contribution in [2.75, 3.05) is 44.8 Å². The van der Waals surface area contributed by atoms with Gasteiger partial charge in [0, 0.05) is 32.4 Å². The molecule has 1 aromatic carbocycles. The Morgan fingerprint density at radius 1 is 1.07 bits per heavy atom. The summed E-state index contributed by atoms with van der Waals surface area (Å²) in [4.78, 5) is 19.8. The molecular formula is C19H20F3N3O3. The third-order valence-corrected chi connectivity index (χ3v) is 4.45. The SMILES string of the molecule is COc1ccccc1OCC(=O)N1CCN(c2ccc(C(F)(F)F)cn2)CC1. The van der Waals surface area contributed by atoms with E-state index in [1.807, 2.05) is 11.0 Å². The van der Waals surface area contributed by atoms with Gasteiger partial charge in [-0.25, -0.2) is 4.98 Å². The zero-order chi connectivity index (χ0) is 20.1. The van der Waals surface area contributed by atoms with Crippen LogP contribution in [0.1, 0.15) is 5.56 Å². The molecule has 0 N–H and O–H groups in total. The molecule has 9 heteroatoms. The molecule has 0 atom stereocenters. The van der Waals surface area contributed by atoms with Crippen LogP contribution in [0, 0.1) is 0 Å². The molecule has 6 nitrogen and oxygen atoms in total. The summed E-state index contributed by atoms with van der Waals surface area (Å²) in [5.74, 6) is 1.34. The van der Waals surface area contributed by atoms with E-state index in [0.717, 1.165) is 12.3 Å². The van der Waals surface area contributed by atoms with Crippen molar-refractivity contribution in [1.29, 1.82) is 0 Å². The zero-order valence-corrected chi connectivity index (χ0v) is 15.3. The van der Waals surface area contributed by atoms with Gasteiger partial charge < -0.3 is 19.3 Å². The van der Waals surface area contributed by atoms with Crippen LogP contribution in [0.4, 0.5) is 19.0 Å². The van der Waals surface area contributed by atoms with Gasteiger partial charge in [-0.2, -0.15) is 13.2 Å². The first-order chi connectivity index (χ1) is 13.4. The number of pyridine rings is 1. The van der Waals surface area contributed by atoms with Crippen molar-refractivity contribution >= 4 is 11.7 Å². The molecule has 0 radical (unpaired) electrons. The van der Waals surface area contributed by atoms with Gasteiger partial charge in [0.05, 0.1) is 12.7 Å². The molecule has 2 heterocycles. The Kier molecular flexibility index (Phi) is 5.91. The molecular weight excluding hydrogens is 375 g/mol. The van der Waals surface area contributed by atoms with Crippen molar-refractivity contribution in [2.45, 2.75) is 6.18 Å². The van der Waals surface area contributed by atoms with Gasteiger partial charge in [0.25, 0.3) is 5.91 Å². The predicted octanol–water partition coefficient (Wildman–Crippen LogP) is 2.84. The maximum absolute atomic E-state index is 12.6. The number of carbonyl (C=O) groups excluding carboxylic acids is 1. The smallest absolute Gasteiger partial charge is 0.417 e. The molecule has 0 bridgehead atoms. The summed E-state index contributed by atoms with van der Waals surface area (Å²) >= 11 is 0. The molecule has 2 aromatic rings. The number of amides is 1. The van der Waals surface area contributed by atoms with E-state index in [2.05, 4.69) is 4.98 Å². The lowest BCUT2D eigenvalue weighted by molar-refractivity contribution is -0.138. The van der Waals surface area contributed by atoms with Crippen LogP contribution in [0.2, 0.25) is 0 Å². The largest absolute Gasteiger partial charge is 0.493 e. The topological polar surface area (TPSA) is 54.9 Å². The minimum atomic E-state index is -4.40. The first kappa shape index (κ1) is 19.8. The highest BCUT2D eigenvalue weighted by atomic mass is 19.4. The molecule has 1 aromatic heterocycles. The lowest BCUT2D eigenvalue weighted by atomic mass is 10.2. The number of hydrogen-bond acceptors (Lipinski definition) is 5. The van der Waals surface area contributed by atoms with Crippen molar-refractivity contribution in [3.8, 4) is 11.5 Å². The quantitative estimate of drug-likeness (QED) is 0.779. The number of alkyl halides is 3. The maximum atomic E-state index is 12.6. The number of carbonyl (C=O) groups is 1. The van der Waals surface area contributed by atoms with Crippen LogP contribution in [-0.2, 0) is 11.0 Å². The molecule has 0 unspecified atom stereocenters. The van der Waals surface area contributed by atoms with E-state index in [0.29, 0.717) is 43.5 Å². The minimum Gasteiger partial charge on any atom is -0.493 e. The number of para-hydroxylation sites is 2. The van der Waals surface area contributed by atoms with Gasteiger partial charge in [0.2, 0.25) is 0 Å². The van der Waals surface area contributed by atoms with Crippen LogP contribution in [0.3, 0.4) is 0 Å². The Morgan fingerprint density at radius 3 is 2.32 bits per heavy atom. The highest BCUT2D eigenvalue weighted by Gasteiger charge is 2.31. The summed E-state index contributed by atoms with van der Waals surface area (Å²) in [6, 6.07) is 9.43. The van der Waals surface area contributed by atoms with Gasteiger partial charge in [0.1, 0.15) is 5.82 Å². The van der Waals surface area contributed by atoms with Crippen molar-refractivity contribution < 1.29 is 27.4 Å². The minimum absolute atomic E-state index is 0.112. The number of rotatable bonds is 5. The van der Waals surface area contributed by atoms with E-state index >= 15 is 0 Å². The first-order valence-electron chi connectivity index (χ1n) is 8.70. The second kappa shape index (κ2) is 8.37. The summed E-state index contributed by atoms with van der Waals surface area (Å²) in [5, 5.41) is 0. The van der Waals surface area contributed by atoms with Gasteiger partial charge in [-0.1, -0.05) is 12.1 Å². The third-order valence-electron chi connectivity index (χ3n) is 4.45. The van der Waals surface area contributed by atoms with E-state index in [1.165, 1.54) is 13.2 Å². The number of halogens is 3. The van der Waals surface area contributed by atoms with E-state index in [9.17, 15) is 18.0 Å². The second-order valence-electron chi connectivity index (χ2n) is 6.21. The number of piperazine rings is 1. The standard InChI is InChI=1S/C19H20F3N3O3/c1-27-15-4-2-3-5-16(15)28-13-18(26)25-10-8-24(9-11-25)17-7-6-14(12-23-17)19(20,21)22/h2-7,12H,8-11,13H2,1H3. The summed E-state index contributed by atoms with van der Waals surface area (Å²) in [6.45, 7) is 1.74. The van der Waals surface area contributed by atoms with Crippen molar-refractivity contribution in [3.63, 3.8) is 0 Å². The molecule has 1 aliphatic heterocycles. The molecule has 150 valence electrons. The molecule has 28 heavy (non-hydrogen) atoms. The number of ether oxygens (including phenoxy) is 2. The number of aromatic nitrogens is 1. The maximum Gasteiger partial charge on any atom is 0.417 e. The van der Waals surface area contributed by atoms with Crippen molar-refractivity contribution in [1.82, 2.24) is 9.88 Å². The summed E-state index contributed by atoms with van der Waals surface area (Å²) in [7, 11) is 1.53. The van der Waals surface area contributed by atoms with Crippen LogP contribution in [0.25, 0.3) is 0 Å². The molecule has 1 amide bonds. The van der Waals surface area contributed by atoms with Crippen molar-refractivity contribution in [3.05, 3.63) is 48.2 Å². The molecule has 1 saturated heterocycles. The van der Waals surface area contributed by atoms with Crippen LogP contribution < -0.4 is 14.4 Å². The van der Waals surface area contributed by atoms with Gasteiger partial charge in [-0.15, -0.1) is 0 Å². The number of methoxy groups -OCH3 is 1. The monoisotopic (exact) mass is 395 g/mol. The highest BCUT2D eigenvalue weighted by molar-refractivity contribution is 5.78. The Balaban J connectivity index is 1.51. The number of hydrogen-bond donors (Lipinski definition) is 0. The molecule has 0 spiro atoms. The Hall–Kier alpha value is -2.97. The second-order valence-corrected chi connectivity index (χ2v) is 6.21. The number of benzene rings is 1. The Bertz CT molecular complexity index is 804. The van der Waals surface area contributed by atoms with Gasteiger partial charge >= 0.3 is 6.18 Å². The van der Waals surface area contributed by atoms with E-state index in [4.69, 9.17) is 9.47 Å². The van der Waals surface area contributed by atoms with E-state index < -0.39 is 11.7 Å². The summed E-state index contributed by atoms with van der Waals surface area (Å²) < 4.78 is 48.6. The van der Waals surface area contributed by atoms with Crippen molar-refractivity contribution in [2.24, 2.45) is 0 Å². The van der Waals surface area contributed by atoms with Crippen LogP contribution in [0.15, 0.2) is 42.6 Å². The first-order valence-corrected chi connectivity index (χ1v) is 8.70.